The molecule has 0 spiro atoms. The minimum Gasteiger partial charge on any atom is -0.476 e. The van der Waals surface area contributed by atoms with Crippen molar-refractivity contribution in [2.75, 3.05) is 18.0 Å². The number of hydrogen-bond donors (Lipinski definition) is 1. The van der Waals surface area contributed by atoms with Gasteiger partial charge >= 0.3 is 5.97 Å². The van der Waals surface area contributed by atoms with E-state index in [1.807, 2.05) is 0 Å². The Kier molecular flexibility index (Phi) is 4.75. The molecule has 110 valence electrons. The molecular formula is C14H20N2O3S. The summed E-state index contributed by atoms with van der Waals surface area (Å²) in [5.41, 5.74) is -0.103. The van der Waals surface area contributed by atoms with Crippen LogP contribution in [0.2, 0.25) is 0 Å². The maximum absolute atomic E-state index is 11.5. The van der Waals surface area contributed by atoms with Gasteiger partial charge in [0.25, 0.3) is 0 Å². The molecule has 0 saturated carbocycles. The van der Waals surface area contributed by atoms with E-state index >= 15 is 0 Å². The summed E-state index contributed by atoms with van der Waals surface area (Å²) in [6, 6.07) is 0. The standard InChI is InChI=1S/C14H20N2O3S/c1-3-10-5-4-7-16(8-6-10)14-15-11(13(18)19)12(20-14)9(2)17/h10H,3-8H2,1-2H3,(H,18,19). The van der Waals surface area contributed by atoms with E-state index in [1.165, 1.54) is 31.1 Å². The van der Waals surface area contributed by atoms with Crippen LogP contribution in [0.15, 0.2) is 0 Å². The SMILES string of the molecule is CCC1CCCN(c2nc(C(=O)O)c(C(C)=O)s2)CC1. The highest BCUT2D eigenvalue weighted by Gasteiger charge is 2.24. The summed E-state index contributed by atoms with van der Waals surface area (Å²) in [7, 11) is 0. The van der Waals surface area contributed by atoms with Crippen molar-refractivity contribution in [3.8, 4) is 0 Å². The van der Waals surface area contributed by atoms with Crippen molar-refractivity contribution >= 4 is 28.2 Å². The van der Waals surface area contributed by atoms with Gasteiger partial charge in [0.1, 0.15) is 4.88 Å². The second kappa shape index (κ2) is 6.35. The summed E-state index contributed by atoms with van der Waals surface area (Å²) in [5, 5.41) is 9.81. The van der Waals surface area contributed by atoms with Gasteiger partial charge in [-0.05, 0) is 25.2 Å². The van der Waals surface area contributed by atoms with Crippen LogP contribution >= 0.6 is 11.3 Å². The first-order chi connectivity index (χ1) is 9.52. The van der Waals surface area contributed by atoms with Crippen LogP contribution in [0.4, 0.5) is 5.13 Å². The van der Waals surface area contributed by atoms with Crippen molar-refractivity contribution < 1.29 is 14.7 Å². The average Bonchev–Trinajstić information content (AvgIpc) is 2.72. The molecule has 1 unspecified atom stereocenters. The summed E-state index contributed by atoms with van der Waals surface area (Å²) in [4.78, 5) is 29.2. The Labute approximate surface area is 122 Å². The number of hydrogen-bond acceptors (Lipinski definition) is 5. The predicted molar refractivity (Wildman–Crippen MR) is 78.9 cm³/mol. The van der Waals surface area contributed by atoms with Crippen LogP contribution in [-0.4, -0.2) is 34.9 Å². The minimum absolute atomic E-state index is 0.103. The quantitative estimate of drug-likeness (QED) is 0.865. The average molecular weight is 296 g/mol. The number of carbonyl (C=O) groups excluding carboxylic acids is 1. The molecule has 1 fully saturated rings. The molecular weight excluding hydrogens is 276 g/mol. The van der Waals surface area contributed by atoms with E-state index in [0.717, 1.165) is 31.8 Å². The highest BCUT2D eigenvalue weighted by Crippen LogP contribution is 2.30. The van der Waals surface area contributed by atoms with Crippen molar-refractivity contribution in [1.29, 1.82) is 0 Å². The van der Waals surface area contributed by atoms with Gasteiger partial charge in [-0.15, -0.1) is 0 Å². The maximum atomic E-state index is 11.5. The molecule has 0 radical (unpaired) electrons. The number of anilines is 1. The molecule has 2 rings (SSSR count). The number of carboxylic acid groups (broad SMARTS) is 1. The summed E-state index contributed by atoms with van der Waals surface area (Å²) < 4.78 is 0. The van der Waals surface area contributed by atoms with E-state index in [0.29, 0.717) is 5.13 Å². The number of Topliss-reactive ketones (excluding diaryl/α,β-unsaturated/α-hetero) is 1. The predicted octanol–water partition coefficient (Wildman–Crippen LogP) is 3.06. The van der Waals surface area contributed by atoms with Crippen LogP contribution in [0.25, 0.3) is 0 Å². The fourth-order valence-electron chi connectivity index (χ4n) is 2.59. The number of aromatic nitrogens is 1. The minimum atomic E-state index is -1.13. The Morgan fingerprint density at radius 2 is 2.15 bits per heavy atom. The van der Waals surface area contributed by atoms with Crippen LogP contribution < -0.4 is 4.90 Å². The van der Waals surface area contributed by atoms with Gasteiger partial charge in [-0.3, -0.25) is 4.79 Å². The largest absolute Gasteiger partial charge is 0.476 e. The van der Waals surface area contributed by atoms with E-state index in [9.17, 15) is 9.59 Å². The molecule has 2 heterocycles. The van der Waals surface area contributed by atoms with Gasteiger partial charge in [0.15, 0.2) is 16.6 Å². The number of aromatic carboxylic acids is 1. The Hall–Kier alpha value is -1.43. The van der Waals surface area contributed by atoms with E-state index in [1.54, 1.807) is 0 Å². The molecule has 0 amide bonds. The highest BCUT2D eigenvalue weighted by atomic mass is 32.1. The third kappa shape index (κ3) is 3.17. The van der Waals surface area contributed by atoms with E-state index in [4.69, 9.17) is 5.11 Å². The number of thiazole rings is 1. The van der Waals surface area contributed by atoms with Crippen LogP contribution in [0.5, 0.6) is 0 Å². The molecule has 6 heteroatoms. The zero-order valence-corrected chi connectivity index (χ0v) is 12.7. The molecule has 1 N–H and O–H groups in total. The summed E-state index contributed by atoms with van der Waals surface area (Å²) >= 11 is 1.20. The Balaban J connectivity index is 2.22. The van der Waals surface area contributed by atoms with Gasteiger partial charge in [-0.1, -0.05) is 24.7 Å². The van der Waals surface area contributed by atoms with Gasteiger partial charge in [0, 0.05) is 20.0 Å². The van der Waals surface area contributed by atoms with Crippen LogP contribution in [-0.2, 0) is 0 Å². The number of ketones is 1. The third-order valence-corrected chi connectivity index (χ3v) is 5.05. The molecule has 1 aromatic rings. The molecule has 1 saturated heterocycles. The van der Waals surface area contributed by atoms with Crippen molar-refractivity contribution in [1.82, 2.24) is 4.98 Å². The van der Waals surface area contributed by atoms with Crippen molar-refractivity contribution in [3.63, 3.8) is 0 Å². The van der Waals surface area contributed by atoms with Gasteiger partial charge in [-0.25, -0.2) is 9.78 Å². The lowest BCUT2D eigenvalue weighted by molar-refractivity contribution is 0.0687. The molecule has 1 atom stereocenters. The fourth-order valence-corrected chi connectivity index (χ4v) is 3.60. The first kappa shape index (κ1) is 15.0. The fraction of sp³-hybridized carbons (Fsp3) is 0.643. The number of nitrogens with zero attached hydrogens (tertiary/aromatic N) is 2. The van der Waals surface area contributed by atoms with Crippen molar-refractivity contribution in [2.24, 2.45) is 5.92 Å². The first-order valence-electron chi connectivity index (χ1n) is 7.03. The van der Waals surface area contributed by atoms with E-state index in [2.05, 4.69) is 16.8 Å². The molecule has 0 aromatic carbocycles. The lowest BCUT2D eigenvalue weighted by atomic mass is 9.98. The summed E-state index contributed by atoms with van der Waals surface area (Å²) in [5.74, 6) is -0.613. The van der Waals surface area contributed by atoms with E-state index in [-0.39, 0.29) is 16.4 Å². The normalized spacial score (nSPS) is 19.7. The molecule has 0 aliphatic carbocycles. The zero-order valence-electron chi connectivity index (χ0n) is 11.9. The van der Waals surface area contributed by atoms with Crippen LogP contribution in [0.3, 0.4) is 0 Å². The molecule has 20 heavy (non-hydrogen) atoms. The van der Waals surface area contributed by atoms with Gasteiger partial charge in [0.2, 0.25) is 0 Å². The van der Waals surface area contributed by atoms with Crippen LogP contribution in [0.1, 0.15) is 59.7 Å². The van der Waals surface area contributed by atoms with Crippen molar-refractivity contribution in [3.05, 3.63) is 10.6 Å². The number of rotatable bonds is 4. The lowest BCUT2D eigenvalue weighted by Crippen LogP contribution is -2.24. The van der Waals surface area contributed by atoms with E-state index < -0.39 is 5.97 Å². The first-order valence-corrected chi connectivity index (χ1v) is 7.84. The topological polar surface area (TPSA) is 70.5 Å². The van der Waals surface area contributed by atoms with Crippen molar-refractivity contribution in [2.45, 2.75) is 39.5 Å². The van der Waals surface area contributed by atoms with Gasteiger partial charge in [0.05, 0.1) is 0 Å². The van der Waals surface area contributed by atoms with Gasteiger partial charge < -0.3 is 10.0 Å². The second-order valence-corrected chi connectivity index (χ2v) is 6.21. The smallest absolute Gasteiger partial charge is 0.356 e. The molecule has 5 nitrogen and oxygen atoms in total. The van der Waals surface area contributed by atoms with Crippen LogP contribution in [0, 0.1) is 5.92 Å². The third-order valence-electron chi connectivity index (χ3n) is 3.83. The monoisotopic (exact) mass is 296 g/mol. The Morgan fingerprint density at radius 3 is 2.70 bits per heavy atom. The summed E-state index contributed by atoms with van der Waals surface area (Å²) in [6.45, 7) is 5.38. The molecule has 1 aliphatic rings. The van der Waals surface area contributed by atoms with Gasteiger partial charge in [-0.2, -0.15) is 0 Å². The Bertz CT molecular complexity index is 481. The molecule has 1 aliphatic heterocycles. The number of carbonyl (C=O) groups is 2. The Morgan fingerprint density at radius 1 is 1.40 bits per heavy atom. The zero-order chi connectivity index (χ0) is 14.7. The summed E-state index contributed by atoms with van der Waals surface area (Å²) in [6.07, 6.45) is 4.60. The molecule has 1 aromatic heterocycles. The molecule has 0 bridgehead atoms. The highest BCUT2D eigenvalue weighted by molar-refractivity contribution is 7.17. The number of carboxylic acids is 1. The second-order valence-electron chi connectivity index (χ2n) is 5.23. The maximum Gasteiger partial charge on any atom is 0.356 e. The lowest BCUT2D eigenvalue weighted by Gasteiger charge is -2.19.